The maximum atomic E-state index is 13.1. The number of methoxy groups -OCH3 is 3. The summed E-state index contributed by atoms with van der Waals surface area (Å²) in [5.41, 5.74) is 2.70. The van der Waals surface area contributed by atoms with Crippen LogP contribution in [-0.4, -0.2) is 32.3 Å². The maximum absolute atomic E-state index is 13.1. The number of thiocarbonyl (C=S) groups is 1. The zero-order valence-electron chi connectivity index (χ0n) is 16.7. The van der Waals surface area contributed by atoms with Gasteiger partial charge < -0.3 is 30.2 Å². The molecule has 0 saturated carbocycles. The number of hydrogen-bond donors (Lipinski definition) is 3. The van der Waals surface area contributed by atoms with Crippen molar-refractivity contribution < 1.29 is 19.0 Å². The Morgan fingerprint density at radius 3 is 2.31 bits per heavy atom. The summed E-state index contributed by atoms with van der Waals surface area (Å²) < 4.78 is 15.9. The minimum atomic E-state index is -0.443. The molecule has 2 aromatic rings. The van der Waals surface area contributed by atoms with Crippen molar-refractivity contribution in [3.8, 4) is 17.2 Å². The fourth-order valence-corrected chi connectivity index (χ4v) is 3.42. The number of nitrogens with one attached hydrogen (secondary N) is 3. The second kappa shape index (κ2) is 8.83. The van der Waals surface area contributed by atoms with Crippen LogP contribution in [0.1, 0.15) is 18.5 Å². The van der Waals surface area contributed by atoms with Crippen molar-refractivity contribution in [1.82, 2.24) is 10.6 Å². The van der Waals surface area contributed by atoms with Gasteiger partial charge in [-0.05, 0) is 61.1 Å². The molecule has 1 heterocycles. The number of ether oxygens (including phenoxy) is 3. The Hall–Kier alpha value is -3.26. The SMILES string of the molecule is COc1ccc(NC(=O)C2=C(C)NC(=S)NC2c2ccc(OC)c(OC)c2)cc1. The lowest BCUT2D eigenvalue weighted by molar-refractivity contribution is -0.113. The van der Waals surface area contributed by atoms with Crippen LogP contribution < -0.4 is 30.2 Å². The molecule has 0 spiro atoms. The summed E-state index contributed by atoms with van der Waals surface area (Å²) in [6.07, 6.45) is 0. The van der Waals surface area contributed by atoms with Crippen molar-refractivity contribution in [3.63, 3.8) is 0 Å². The van der Waals surface area contributed by atoms with Crippen LogP contribution in [0, 0.1) is 0 Å². The highest BCUT2D eigenvalue weighted by Crippen LogP contribution is 2.34. The molecule has 2 aromatic carbocycles. The first kappa shape index (κ1) is 20.5. The molecule has 3 rings (SSSR count). The summed E-state index contributed by atoms with van der Waals surface area (Å²) in [5.74, 6) is 1.66. The molecule has 7 nitrogen and oxygen atoms in total. The van der Waals surface area contributed by atoms with Gasteiger partial charge in [0.05, 0.1) is 32.9 Å². The van der Waals surface area contributed by atoms with Crippen LogP contribution in [0.2, 0.25) is 0 Å². The molecule has 0 fully saturated rings. The number of amides is 1. The Morgan fingerprint density at radius 1 is 1.00 bits per heavy atom. The van der Waals surface area contributed by atoms with Gasteiger partial charge in [-0.3, -0.25) is 4.79 Å². The topological polar surface area (TPSA) is 80.9 Å². The summed E-state index contributed by atoms with van der Waals surface area (Å²) in [7, 11) is 4.74. The Morgan fingerprint density at radius 2 is 1.69 bits per heavy atom. The van der Waals surface area contributed by atoms with Gasteiger partial charge in [0.1, 0.15) is 5.75 Å². The molecule has 29 heavy (non-hydrogen) atoms. The molecule has 3 N–H and O–H groups in total. The summed E-state index contributed by atoms with van der Waals surface area (Å²) in [6.45, 7) is 1.82. The van der Waals surface area contributed by atoms with Crippen molar-refractivity contribution >= 4 is 28.9 Å². The van der Waals surface area contributed by atoms with Crippen LogP contribution in [0.25, 0.3) is 0 Å². The Bertz CT molecular complexity index is 957. The molecule has 0 saturated heterocycles. The highest BCUT2D eigenvalue weighted by Gasteiger charge is 2.30. The summed E-state index contributed by atoms with van der Waals surface area (Å²) >= 11 is 5.31. The van der Waals surface area contributed by atoms with E-state index >= 15 is 0 Å². The fourth-order valence-electron chi connectivity index (χ4n) is 3.15. The summed E-state index contributed by atoms with van der Waals surface area (Å²) in [4.78, 5) is 13.1. The molecular weight excluding hydrogens is 390 g/mol. The predicted octanol–water partition coefficient (Wildman–Crippen LogP) is 3.14. The van der Waals surface area contributed by atoms with E-state index in [-0.39, 0.29) is 5.91 Å². The highest BCUT2D eigenvalue weighted by atomic mass is 32.1. The lowest BCUT2D eigenvalue weighted by Gasteiger charge is -2.30. The van der Waals surface area contributed by atoms with Crippen LogP contribution in [0.3, 0.4) is 0 Å². The van der Waals surface area contributed by atoms with Gasteiger partial charge in [-0.2, -0.15) is 0 Å². The third-order valence-corrected chi connectivity index (χ3v) is 4.82. The van der Waals surface area contributed by atoms with Crippen molar-refractivity contribution in [2.24, 2.45) is 0 Å². The standard InChI is InChI=1S/C21H23N3O4S/c1-12-18(20(25)23-14-6-8-15(26-2)9-7-14)19(24-21(29)22-12)13-5-10-16(27-3)17(11-13)28-4/h5-11,19H,1-4H3,(H,23,25)(H2,22,24,29). The van der Waals surface area contributed by atoms with E-state index in [1.54, 1.807) is 51.7 Å². The van der Waals surface area contributed by atoms with Gasteiger partial charge in [0.15, 0.2) is 16.6 Å². The number of carbonyl (C=O) groups excluding carboxylic acids is 1. The molecule has 0 aromatic heterocycles. The predicted molar refractivity (Wildman–Crippen MR) is 115 cm³/mol. The maximum Gasteiger partial charge on any atom is 0.255 e. The Balaban J connectivity index is 1.94. The van der Waals surface area contributed by atoms with Crippen molar-refractivity contribution in [2.45, 2.75) is 13.0 Å². The normalized spacial score (nSPS) is 15.9. The van der Waals surface area contributed by atoms with Crippen molar-refractivity contribution in [2.75, 3.05) is 26.6 Å². The van der Waals surface area contributed by atoms with E-state index < -0.39 is 6.04 Å². The Kier molecular flexibility index (Phi) is 6.23. The van der Waals surface area contributed by atoms with Crippen LogP contribution in [0.4, 0.5) is 5.69 Å². The average Bonchev–Trinajstić information content (AvgIpc) is 2.73. The van der Waals surface area contributed by atoms with Gasteiger partial charge in [-0.25, -0.2) is 0 Å². The van der Waals surface area contributed by atoms with Gasteiger partial charge in [0, 0.05) is 11.4 Å². The largest absolute Gasteiger partial charge is 0.497 e. The van der Waals surface area contributed by atoms with E-state index in [9.17, 15) is 4.79 Å². The van der Waals surface area contributed by atoms with Gasteiger partial charge in [-0.15, -0.1) is 0 Å². The zero-order valence-corrected chi connectivity index (χ0v) is 17.5. The first-order valence-electron chi connectivity index (χ1n) is 8.92. The average molecular weight is 413 g/mol. The molecule has 1 unspecified atom stereocenters. The van der Waals surface area contributed by atoms with Gasteiger partial charge >= 0.3 is 0 Å². The molecule has 1 aliphatic rings. The summed E-state index contributed by atoms with van der Waals surface area (Å²) in [6, 6.07) is 12.2. The Labute approximate surface area is 175 Å². The highest BCUT2D eigenvalue weighted by molar-refractivity contribution is 7.80. The van der Waals surface area contributed by atoms with E-state index in [4.69, 9.17) is 26.4 Å². The van der Waals surface area contributed by atoms with Crippen molar-refractivity contribution in [3.05, 3.63) is 59.3 Å². The lowest BCUT2D eigenvalue weighted by atomic mass is 9.94. The first-order valence-corrected chi connectivity index (χ1v) is 9.33. The van der Waals surface area contributed by atoms with E-state index in [0.29, 0.717) is 39.3 Å². The van der Waals surface area contributed by atoms with Crippen LogP contribution in [0.5, 0.6) is 17.2 Å². The first-order chi connectivity index (χ1) is 14.0. The molecular formula is C21H23N3O4S. The van der Waals surface area contributed by atoms with Crippen LogP contribution >= 0.6 is 12.2 Å². The van der Waals surface area contributed by atoms with Crippen LogP contribution in [-0.2, 0) is 4.79 Å². The quantitative estimate of drug-likeness (QED) is 0.628. The van der Waals surface area contributed by atoms with Crippen molar-refractivity contribution in [1.29, 1.82) is 0 Å². The van der Waals surface area contributed by atoms with Gasteiger partial charge in [0.2, 0.25) is 0 Å². The van der Waals surface area contributed by atoms with Gasteiger partial charge in [-0.1, -0.05) is 6.07 Å². The molecule has 0 bridgehead atoms. The minimum absolute atomic E-state index is 0.241. The monoisotopic (exact) mass is 413 g/mol. The summed E-state index contributed by atoms with van der Waals surface area (Å²) in [5, 5.41) is 9.58. The number of hydrogen-bond acceptors (Lipinski definition) is 5. The van der Waals surface area contributed by atoms with E-state index in [0.717, 1.165) is 5.56 Å². The molecule has 8 heteroatoms. The van der Waals surface area contributed by atoms with E-state index in [1.807, 2.05) is 19.1 Å². The second-order valence-corrected chi connectivity index (χ2v) is 6.78. The third kappa shape index (κ3) is 4.43. The third-order valence-electron chi connectivity index (χ3n) is 4.60. The number of rotatable bonds is 6. The zero-order chi connectivity index (χ0) is 21.0. The molecule has 1 amide bonds. The fraction of sp³-hybridized carbons (Fsp3) is 0.238. The smallest absolute Gasteiger partial charge is 0.255 e. The molecule has 1 atom stereocenters. The molecule has 0 aliphatic carbocycles. The number of benzene rings is 2. The van der Waals surface area contributed by atoms with Crippen LogP contribution in [0.15, 0.2) is 53.7 Å². The second-order valence-electron chi connectivity index (χ2n) is 6.37. The van der Waals surface area contributed by atoms with Gasteiger partial charge in [0.25, 0.3) is 5.91 Å². The number of allylic oxidation sites excluding steroid dienone is 1. The molecule has 0 radical (unpaired) electrons. The molecule has 1 aliphatic heterocycles. The number of anilines is 1. The number of carbonyl (C=O) groups is 1. The molecule has 152 valence electrons. The van der Waals surface area contributed by atoms with E-state index in [1.165, 1.54) is 0 Å². The lowest BCUT2D eigenvalue weighted by Crippen LogP contribution is -2.45. The van der Waals surface area contributed by atoms with E-state index in [2.05, 4.69) is 16.0 Å². The minimum Gasteiger partial charge on any atom is -0.497 e.